The van der Waals surface area contributed by atoms with E-state index in [4.69, 9.17) is 10.5 Å². The number of benzene rings is 1. The molecule has 1 unspecified atom stereocenters. The fraction of sp³-hybridized carbons (Fsp3) is 0.267. The van der Waals surface area contributed by atoms with Crippen molar-refractivity contribution in [2.75, 3.05) is 6.26 Å². The van der Waals surface area contributed by atoms with Gasteiger partial charge in [0.25, 0.3) is 11.5 Å². The number of rotatable bonds is 5. The fourth-order valence-corrected chi connectivity index (χ4v) is 2.64. The predicted octanol–water partition coefficient (Wildman–Crippen LogP) is 1.25. The van der Waals surface area contributed by atoms with Gasteiger partial charge in [-0.15, -0.1) is 11.8 Å². The van der Waals surface area contributed by atoms with Crippen LogP contribution in [0.2, 0.25) is 0 Å². The molecule has 0 saturated heterocycles. The molecule has 146 valence electrons. The SMILES string of the molecule is CSC(Oc1ccc(F)c(-n2c(=O)cc(C(F)(F)F)n(C)c2=O)c1)C(N)=O. The van der Waals surface area contributed by atoms with E-state index in [9.17, 15) is 31.9 Å². The van der Waals surface area contributed by atoms with E-state index >= 15 is 0 Å². The van der Waals surface area contributed by atoms with E-state index in [1.54, 1.807) is 0 Å². The van der Waals surface area contributed by atoms with E-state index in [2.05, 4.69) is 0 Å². The van der Waals surface area contributed by atoms with Crippen LogP contribution in [0.4, 0.5) is 17.6 Å². The van der Waals surface area contributed by atoms with Crippen molar-refractivity contribution in [3.05, 3.63) is 56.6 Å². The molecule has 0 saturated carbocycles. The number of amides is 1. The molecule has 0 aliphatic heterocycles. The first-order valence-electron chi connectivity index (χ1n) is 7.16. The summed E-state index contributed by atoms with van der Waals surface area (Å²) in [6.45, 7) is 0. The van der Waals surface area contributed by atoms with Crippen LogP contribution in [-0.4, -0.2) is 26.7 Å². The molecule has 1 amide bonds. The van der Waals surface area contributed by atoms with Gasteiger partial charge < -0.3 is 10.5 Å². The average Bonchev–Trinajstić information content (AvgIpc) is 2.57. The molecule has 2 N–H and O–H groups in total. The van der Waals surface area contributed by atoms with E-state index in [1.807, 2.05) is 0 Å². The van der Waals surface area contributed by atoms with Crippen molar-refractivity contribution in [3.63, 3.8) is 0 Å². The number of halogens is 4. The van der Waals surface area contributed by atoms with Crippen LogP contribution in [0.3, 0.4) is 0 Å². The van der Waals surface area contributed by atoms with Gasteiger partial charge in [0.05, 0.1) is 5.69 Å². The average molecular weight is 407 g/mol. The van der Waals surface area contributed by atoms with E-state index in [1.165, 1.54) is 6.26 Å². The Morgan fingerprint density at radius 1 is 1.26 bits per heavy atom. The number of hydrogen-bond donors (Lipinski definition) is 1. The third kappa shape index (κ3) is 4.15. The Hall–Kier alpha value is -2.76. The summed E-state index contributed by atoms with van der Waals surface area (Å²) in [5.41, 5.74) is -0.884. The molecular formula is C15H13F4N3O4S. The summed E-state index contributed by atoms with van der Waals surface area (Å²) in [7, 11) is 0.802. The number of hydrogen-bond acceptors (Lipinski definition) is 5. The first-order chi connectivity index (χ1) is 12.5. The molecule has 0 fully saturated rings. The Balaban J connectivity index is 2.64. The molecule has 1 aromatic heterocycles. The first kappa shape index (κ1) is 20.6. The Labute approximate surface area is 153 Å². The zero-order valence-corrected chi connectivity index (χ0v) is 14.7. The number of carbonyl (C=O) groups is 1. The molecule has 27 heavy (non-hydrogen) atoms. The third-order valence-electron chi connectivity index (χ3n) is 3.46. The third-order valence-corrected chi connectivity index (χ3v) is 4.22. The largest absolute Gasteiger partial charge is 0.470 e. The summed E-state index contributed by atoms with van der Waals surface area (Å²) in [4.78, 5) is 35.6. The van der Waals surface area contributed by atoms with Gasteiger partial charge in [-0.05, 0) is 18.4 Å². The number of nitrogens with two attached hydrogens (primary N) is 1. The van der Waals surface area contributed by atoms with Gasteiger partial charge in [-0.25, -0.2) is 13.8 Å². The molecule has 1 heterocycles. The summed E-state index contributed by atoms with van der Waals surface area (Å²) in [6.07, 6.45) is -3.42. The molecule has 2 rings (SSSR count). The van der Waals surface area contributed by atoms with Crippen LogP contribution in [0.5, 0.6) is 5.75 Å². The number of aromatic nitrogens is 2. The van der Waals surface area contributed by atoms with Gasteiger partial charge in [0, 0.05) is 19.2 Å². The van der Waals surface area contributed by atoms with Crippen molar-refractivity contribution in [1.29, 1.82) is 0 Å². The highest BCUT2D eigenvalue weighted by atomic mass is 32.2. The maximum Gasteiger partial charge on any atom is 0.431 e. The van der Waals surface area contributed by atoms with Gasteiger partial charge in [-0.1, -0.05) is 0 Å². The summed E-state index contributed by atoms with van der Waals surface area (Å²) in [5.74, 6) is -1.99. The van der Waals surface area contributed by atoms with Crippen molar-refractivity contribution in [2.24, 2.45) is 12.8 Å². The summed E-state index contributed by atoms with van der Waals surface area (Å²) in [6, 6.07) is 3.05. The minimum atomic E-state index is -4.94. The van der Waals surface area contributed by atoms with E-state index in [0.29, 0.717) is 0 Å². The number of thioether (sulfide) groups is 1. The Morgan fingerprint density at radius 2 is 1.89 bits per heavy atom. The molecular weight excluding hydrogens is 394 g/mol. The second kappa shape index (κ2) is 7.47. The Kier molecular flexibility index (Phi) is 5.68. The minimum absolute atomic E-state index is 0.113. The van der Waals surface area contributed by atoms with Gasteiger partial charge >= 0.3 is 11.9 Å². The monoisotopic (exact) mass is 407 g/mol. The number of carbonyl (C=O) groups excluding carboxylic acids is 1. The Bertz CT molecular complexity index is 1000. The van der Waals surface area contributed by atoms with Gasteiger partial charge in [0.15, 0.2) is 0 Å². The lowest BCUT2D eigenvalue weighted by Gasteiger charge is -2.16. The lowest BCUT2D eigenvalue weighted by atomic mass is 10.2. The molecule has 7 nitrogen and oxygen atoms in total. The van der Waals surface area contributed by atoms with Crippen LogP contribution in [0.25, 0.3) is 5.69 Å². The molecule has 0 radical (unpaired) electrons. The second-order valence-corrected chi connectivity index (χ2v) is 6.14. The number of ether oxygens (including phenoxy) is 1. The maximum absolute atomic E-state index is 14.2. The van der Waals surface area contributed by atoms with Gasteiger partial charge in [0.2, 0.25) is 5.44 Å². The zero-order chi connectivity index (χ0) is 20.5. The second-order valence-electron chi connectivity index (χ2n) is 5.24. The van der Waals surface area contributed by atoms with Crippen LogP contribution >= 0.6 is 11.8 Å². The summed E-state index contributed by atoms with van der Waals surface area (Å²) in [5, 5.41) is 0. The lowest BCUT2D eigenvalue weighted by Crippen LogP contribution is -2.41. The molecule has 0 aliphatic rings. The molecule has 1 atom stereocenters. The van der Waals surface area contributed by atoms with Crippen molar-refractivity contribution in [1.82, 2.24) is 9.13 Å². The van der Waals surface area contributed by atoms with Crippen molar-refractivity contribution in [3.8, 4) is 11.4 Å². The molecule has 2 aromatic rings. The smallest absolute Gasteiger partial charge is 0.431 e. The topological polar surface area (TPSA) is 96.3 Å². The van der Waals surface area contributed by atoms with Crippen molar-refractivity contribution < 1.29 is 27.1 Å². The number of alkyl halides is 3. The highest BCUT2D eigenvalue weighted by molar-refractivity contribution is 7.99. The normalized spacial score (nSPS) is 12.7. The zero-order valence-electron chi connectivity index (χ0n) is 13.9. The molecule has 0 spiro atoms. The molecule has 0 aliphatic carbocycles. The van der Waals surface area contributed by atoms with Crippen LogP contribution in [0, 0.1) is 5.82 Å². The predicted molar refractivity (Wildman–Crippen MR) is 89.4 cm³/mol. The van der Waals surface area contributed by atoms with E-state index in [0.717, 1.165) is 37.0 Å². The standard InChI is InChI=1S/C15H13F4N3O4S/c1-21-10(15(17,18)19)6-11(23)22(14(21)25)9-5-7(3-4-8(9)16)26-13(27-2)12(20)24/h3-6,13H,1-2H3,(H2,20,24). The quantitative estimate of drug-likeness (QED) is 0.595. The fourth-order valence-electron chi connectivity index (χ4n) is 2.20. The summed E-state index contributed by atoms with van der Waals surface area (Å²) < 4.78 is 58.5. The molecule has 0 bridgehead atoms. The van der Waals surface area contributed by atoms with Crippen LogP contribution in [0.15, 0.2) is 33.9 Å². The molecule has 12 heteroatoms. The van der Waals surface area contributed by atoms with Crippen molar-refractivity contribution in [2.45, 2.75) is 11.6 Å². The van der Waals surface area contributed by atoms with Gasteiger partial charge in [0.1, 0.15) is 17.3 Å². The highest BCUT2D eigenvalue weighted by Crippen LogP contribution is 2.27. The Morgan fingerprint density at radius 3 is 2.41 bits per heavy atom. The number of primary amides is 1. The van der Waals surface area contributed by atoms with E-state index in [-0.39, 0.29) is 21.0 Å². The highest BCUT2D eigenvalue weighted by Gasteiger charge is 2.35. The maximum atomic E-state index is 14.2. The number of nitrogens with zero attached hydrogens (tertiary/aromatic N) is 2. The summed E-state index contributed by atoms with van der Waals surface area (Å²) >= 11 is 0.942. The lowest BCUT2D eigenvalue weighted by molar-refractivity contribution is -0.144. The molecule has 1 aromatic carbocycles. The first-order valence-corrected chi connectivity index (χ1v) is 8.45. The van der Waals surface area contributed by atoms with Crippen LogP contribution < -0.4 is 21.7 Å². The van der Waals surface area contributed by atoms with Gasteiger partial charge in [-0.3, -0.25) is 14.2 Å². The van der Waals surface area contributed by atoms with E-state index < -0.39 is 46.0 Å². The van der Waals surface area contributed by atoms with Crippen molar-refractivity contribution >= 4 is 17.7 Å². The van der Waals surface area contributed by atoms with Gasteiger partial charge in [-0.2, -0.15) is 13.2 Å². The minimum Gasteiger partial charge on any atom is -0.470 e. The van der Waals surface area contributed by atoms with Crippen LogP contribution in [-0.2, 0) is 18.0 Å². The van der Waals surface area contributed by atoms with Crippen LogP contribution in [0.1, 0.15) is 5.69 Å².